The summed E-state index contributed by atoms with van der Waals surface area (Å²) >= 11 is 0. The second-order valence-electron chi connectivity index (χ2n) is 9.03. The Kier molecular flexibility index (Phi) is 10.5. The van der Waals surface area contributed by atoms with Crippen LogP contribution in [0.3, 0.4) is 0 Å². The summed E-state index contributed by atoms with van der Waals surface area (Å²) in [7, 11) is 0. The topological polar surface area (TPSA) is 0 Å². The fourth-order valence-corrected chi connectivity index (χ4v) is 4.99. The van der Waals surface area contributed by atoms with E-state index in [0.29, 0.717) is 0 Å². The SMILES string of the molecule is C=C/C(=C(\C=C/C)C(=C/C=C\C)/C(=C)c1ccccc1)c1ccccc1C1=C(/C(=C/C)CC)CCC=C1. The molecule has 0 saturated heterocycles. The van der Waals surface area contributed by atoms with Gasteiger partial charge in [0.2, 0.25) is 0 Å². The van der Waals surface area contributed by atoms with E-state index >= 15 is 0 Å². The quantitative estimate of drug-likeness (QED) is 0.294. The Morgan fingerprint density at radius 1 is 0.946 bits per heavy atom. The fourth-order valence-electron chi connectivity index (χ4n) is 4.99. The molecule has 0 heteroatoms. The van der Waals surface area contributed by atoms with Crippen molar-refractivity contribution in [2.75, 3.05) is 0 Å². The van der Waals surface area contributed by atoms with Gasteiger partial charge in [-0.3, -0.25) is 0 Å². The van der Waals surface area contributed by atoms with Crippen molar-refractivity contribution in [1.29, 1.82) is 0 Å². The number of allylic oxidation sites excluding steroid dienone is 16. The molecule has 0 saturated carbocycles. The molecule has 188 valence electrons. The molecule has 0 radical (unpaired) electrons. The minimum Gasteiger partial charge on any atom is -0.0984 e. The number of benzene rings is 2. The van der Waals surface area contributed by atoms with Crippen LogP contribution in [0.1, 0.15) is 63.6 Å². The maximum absolute atomic E-state index is 4.53. The van der Waals surface area contributed by atoms with Crippen LogP contribution in [0.2, 0.25) is 0 Å². The molecule has 2 aromatic carbocycles. The molecule has 0 unspecified atom stereocenters. The van der Waals surface area contributed by atoms with Crippen LogP contribution in [0.15, 0.2) is 145 Å². The molecule has 1 aliphatic carbocycles. The summed E-state index contributed by atoms with van der Waals surface area (Å²) in [5.74, 6) is 0. The molecule has 0 amide bonds. The lowest BCUT2D eigenvalue weighted by Crippen LogP contribution is -2.02. The van der Waals surface area contributed by atoms with Gasteiger partial charge in [-0.15, -0.1) is 0 Å². The number of hydrogen-bond acceptors (Lipinski definition) is 0. The first-order chi connectivity index (χ1) is 18.1. The molecule has 2 aromatic rings. The number of hydrogen-bond donors (Lipinski definition) is 0. The first kappa shape index (κ1) is 27.7. The maximum Gasteiger partial charge on any atom is -0.00993 e. The van der Waals surface area contributed by atoms with Crippen molar-refractivity contribution in [3.8, 4) is 0 Å². The van der Waals surface area contributed by atoms with E-state index in [1.54, 1.807) is 0 Å². The fraction of sp³-hybridized carbons (Fsp3) is 0.189. The Morgan fingerprint density at radius 2 is 1.68 bits per heavy atom. The van der Waals surface area contributed by atoms with Gasteiger partial charge in [-0.1, -0.05) is 129 Å². The van der Waals surface area contributed by atoms with Crippen LogP contribution < -0.4 is 0 Å². The normalized spacial score (nSPS) is 15.5. The molecule has 0 heterocycles. The second-order valence-corrected chi connectivity index (χ2v) is 9.03. The van der Waals surface area contributed by atoms with E-state index in [4.69, 9.17) is 0 Å². The molecule has 37 heavy (non-hydrogen) atoms. The molecule has 0 N–H and O–H groups in total. The number of rotatable bonds is 10. The van der Waals surface area contributed by atoms with Gasteiger partial charge in [0.05, 0.1) is 0 Å². The van der Waals surface area contributed by atoms with Gasteiger partial charge in [-0.25, -0.2) is 0 Å². The highest BCUT2D eigenvalue weighted by molar-refractivity contribution is 5.96. The standard InChI is InChI=1S/C37H40/c1-7-12-23-32(28(6)30-21-14-13-15-22-30)34(20-8-2)31(11-5)35-25-18-19-27-37(35)36-26-17-16-24-33(36)29(9-3)10-4/h7-9,11-15,17-23,25-27H,5-6,10,16,24H2,1-4H3/b12-7-,20-8-,29-9+,32-23+,34-31-. The van der Waals surface area contributed by atoms with Gasteiger partial charge >= 0.3 is 0 Å². The van der Waals surface area contributed by atoms with Crippen molar-refractivity contribution < 1.29 is 0 Å². The highest BCUT2D eigenvalue weighted by atomic mass is 14.2. The van der Waals surface area contributed by atoms with Gasteiger partial charge < -0.3 is 0 Å². The molecule has 0 atom stereocenters. The smallest absolute Gasteiger partial charge is 0.00993 e. The molecule has 0 aromatic heterocycles. The van der Waals surface area contributed by atoms with Crippen molar-refractivity contribution in [3.05, 3.63) is 161 Å². The van der Waals surface area contributed by atoms with Crippen LogP contribution in [0.4, 0.5) is 0 Å². The van der Waals surface area contributed by atoms with Crippen molar-refractivity contribution in [1.82, 2.24) is 0 Å². The Morgan fingerprint density at radius 3 is 2.32 bits per heavy atom. The average molecular weight is 485 g/mol. The third-order valence-electron chi connectivity index (χ3n) is 6.82. The molecular weight excluding hydrogens is 444 g/mol. The Balaban J connectivity index is 2.35. The van der Waals surface area contributed by atoms with E-state index < -0.39 is 0 Å². The van der Waals surface area contributed by atoms with Gasteiger partial charge in [-0.05, 0) is 95.7 Å². The van der Waals surface area contributed by atoms with Crippen LogP contribution in [0.25, 0.3) is 16.7 Å². The Bertz CT molecular complexity index is 1330. The molecule has 3 rings (SSSR count). The summed E-state index contributed by atoms with van der Waals surface area (Å²) in [6, 6.07) is 19.1. The van der Waals surface area contributed by atoms with Gasteiger partial charge in [0.1, 0.15) is 0 Å². The zero-order valence-corrected chi connectivity index (χ0v) is 22.9. The van der Waals surface area contributed by atoms with Crippen LogP contribution >= 0.6 is 0 Å². The summed E-state index contributed by atoms with van der Waals surface area (Å²) in [6.45, 7) is 17.3. The maximum atomic E-state index is 4.53. The van der Waals surface area contributed by atoms with Crippen molar-refractivity contribution in [2.45, 2.75) is 47.0 Å². The lowest BCUT2D eigenvalue weighted by Gasteiger charge is -2.23. The predicted molar refractivity (Wildman–Crippen MR) is 166 cm³/mol. The highest BCUT2D eigenvalue weighted by Crippen LogP contribution is 2.40. The zero-order valence-electron chi connectivity index (χ0n) is 22.9. The van der Waals surface area contributed by atoms with E-state index in [0.717, 1.165) is 47.1 Å². The third-order valence-corrected chi connectivity index (χ3v) is 6.82. The van der Waals surface area contributed by atoms with E-state index in [1.165, 1.54) is 27.8 Å². The molecule has 0 nitrogen and oxygen atoms in total. The second kappa shape index (κ2) is 14.0. The van der Waals surface area contributed by atoms with Crippen LogP contribution in [0, 0.1) is 0 Å². The third kappa shape index (κ3) is 6.46. The summed E-state index contributed by atoms with van der Waals surface area (Å²) in [5.41, 5.74) is 12.0. The lowest BCUT2D eigenvalue weighted by atomic mass is 9.81. The van der Waals surface area contributed by atoms with E-state index in [1.807, 2.05) is 19.1 Å². The molecule has 0 spiro atoms. The first-order valence-corrected chi connectivity index (χ1v) is 13.3. The van der Waals surface area contributed by atoms with Crippen molar-refractivity contribution in [3.63, 3.8) is 0 Å². The van der Waals surface area contributed by atoms with Crippen molar-refractivity contribution in [2.24, 2.45) is 0 Å². The minimum absolute atomic E-state index is 0.989. The van der Waals surface area contributed by atoms with Gasteiger partial charge in [0.25, 0.3) is 0 Å². The first-order valence-electron chi connectivity index (χ1n) is 13.3. The van der Waals surface area contributed by atoms with Gasteiger partial charge in [0, 0.05) is 0 Å². The van der Waals surface area contributed by atoms with E-state index in [9.17, 15) is 0 Å². The highest BCUT2D eigenvalue weighted by Gasteiger charge is 2.19. The molecule has 0 bridgehead atoms. The molecular formula is C37H40. The summed E-state index contributed by atoms with van der Waals surface area (Å²) in [6.07, 6.45) is 22.7. The largest absolute Gasteiger partial charge is 0.0984 e. The monoisotopic (exact) mass is 484 g/mol. The van der Waals surface area contributed by atoms with E-state index in [2.05, 4.69) is 131 Å². The predicted octanol–water partition coefficient (Wildman–Crippen LogP) is 10.9. The molecule has 1 aliphatic rings. The average Bonchev–Trinajstić information content (AvgIpc) is 2.95. The van der Waals surface area contributed by atoms with E-state index in [-0.39, 0.29) is 0 Å². The Hall–Kier alpha value is -3.90. The molecule has 0 fully saturated rings. The van der Waals surface area contributed by atoms with Crippen LogP contribution in [-0.4, -0.2) is 0 Å². The lowest BCUT2D eigenvalue weighted by molar-refractivity contribution is 0.941. The summed E-state index contributed by atoms with van der Waals surface area (Å²) in [4.78, 5) is 0. The van der Waals surface area contributed by atoms with Crippen molar-refractivity contribution >= 4 is 16.7 Å². The molecule has 0 aliphatic heterocycles. The van der Waals surface area contributed by atoms with Gasteiger partial charge in [0.15, 0.2) is 0 Å². The summed E-state index contributed by atoms with van der Waals surface area (Å²) < 4.78 is 0. The van der Waals surface area contributed by atoms with Gasteiger partial charge in [-0.2, -0.15) is 0 Å². The Labute approximate surface area is 224 Å². The van der Waals surface area contributed by atoms with Crippen LogP contribution in [-0.2, 0) is 0 Å². The minimum atomic E-state index is 0.989. The zero-order chi connectivity index (χ0) is 26.6. The van der Waals surface area contributed by atoms with Crippen LogP contribution in [0.5, 0.6) is 0 Å². The summed E-state index contributed by atoms with van der Waals surface area (Å²) in [5, 5.41) is 0.